The van der Waals surface area contributed by atoms with Crippen molar-refractivity contribution in [1.29, 1.82) is 0 Å². The highest BCUT2D eigenvalue weighted by Crippen LogP contribution is 2.42. The average molecular weight is 288 g/mol. The highest BCUT2D eigenvalue weighted by Gasteiger charge is 2.52. The van der Waals surface area contributed by atoms with Crippen molar-refractivity contribution in [1.82, 2.24) is 5.32 Å². The standard InChI is InChI=1S/C17H24N2O2/c1-3-18-17(16(20)21,14-8-9-14)11-19-12(2)10-13-6-4-5-7-15(13)19/h4-7,12,14,18H,3,8-11H2,1-2H3,(H,20,21). The molecule has 0 aromatic heterocycles. The van der Waals surface area contributed by atoms with Gasteiger partial charge in [0.1, 0.15) is 5.54 Å². The highest BCUT2D eigenvalue weighted by molar-refractivity contribution is 5.81. The maximum atomic E-state index is 12.0. The Hall–Kier alpha value is -1.55. The van der Waals surface area contributed by atoms with Crippen LogP contribution in [-0.2, 0) is 11.2 Å². The van der Waals surface area contributed by atoms with Crippen LogP contribution in [0.15, 0.2) is 24.3 Å². The van der Waals surface area contributed by atoms with E-state index >= 15 is 0 Å². The number of rotatable bonds is 6. The quantitative estimate of drug-likeness (QED) is 0.843. The smallest absolute Gasteiger partial charge is 0.326 e. The predicted octanol–water partition coefficient (Wildman–Crippen LogP) is 2.28. The topological polar surface area (TPSA) is 52.6 Å². The zero-order chi connectivity index (χ0) is 15.0. The summed E-state index contributed by atoms with van der Waals surface area (Å²) in [5.74, 6) is -0.446. The number of benzene rings is 1. The van der Waals surface area contributed by atoms with Crippen LogP contribution < -0.4 is 10.2 Å². The van der Waals surface area contributed by atoms with Crippen LogP contribution in [0.1, 0.15) is 32.3 Å². The lowest BCUT2D eigenvalue weighted by Crippen LogP contribution is -2.61. The number of carboxylic acid groups (broad SMARTS) is 1. The van der Waals surface area contributed by atoms with Crippen LogP contribution in [0.5, 0.6) is 0 Å². The zero-order valence-electron chi connectivity index (χ0n) is 12.8. The van der Waals surface area contributed by atoms with Gasteiger partial charge in [0.15, 0.2) is 0 Å². The first-order valence-corrected chi connectivity index (χ1v) is 7.91. The molecule has 21 heavy (non-hydrogen) atoms. The van der Waals surface area contributed by atoms with Crippen LogP contribution in [0, 0.1) is 5.92 Å². The lowest BCUT2D eigenvalue weighted by Gasteiger charge is -2.37. The van der Waals surface area contributed by atoms with Gasteiger partial charge < -0.3 is 15.3 Å². The summed E-state index contributed by atoms with van der Waals surface area (Å²) in [7, 11) is 0. The molecule has 0 bridgehead atoms. The largest absolute Gasteiger partial charge is 0.480 e. The molecular formula is C17H24N2O2. The van der Waals surface area contributed by atoms with Gasteiger partial charge in [-0.3, -0.25) is 4.79 Å². The molecular weight excluding hydrogens is 264 g/mol. The van der Waals surface area contributed by atoms with E-state index in [0.717, 1.165) is 19.3 Å². The molecule has 0 spiro atoms. The van der Waals surface area contributed by atoms with Gasteiger partial charge in [0.25, 0.3) is 0 Å². The van der Waals surface area contributed by atoms with E-state index in [4.69, 9.17) is 0 Å². The molecule has 1 saturated carbocycles. The Balaban J connectivity index is 1.91. The third-order valence-corrected chi connectivity index (χ3v) is 4.92. The highest BCUT2D eigenvalue weighted by atomic mass is 16.4. The summed E-state index contributed by atoms with van der Waals surface area (Å²) in [6, 6.07) is 8.73. The minimum Gasteiger partial charge on any atom is -0.480 e. The summed E-state index contributed by atoms with van der Waals surface area (Å²) in [5.41, 5.74) is 1.73. The van der Waals surface area contributed by atoms with E-state index in [1.165, 1.54) is 11.3 Å². The van der Waals surface area contributed by atoms with E-state index in [9.17, 15) is 9.90 Å². The minimum absolute atomic E-state index is 0.259. The fourth-order valence-corrected chi connectivity index (χ4v) is 3.68. The van der Waals surface area contributed by atoms with Crippen molar-refractivity contribution < 1.29 is 9.90 Å². The molecule has 0 saturated heterocycles. The molecule has 1 aliphatic heterocycles. The molecule has 3 rings (SSSR count). The first-order chi connectivity index (χ1) is 10.1. The summed E-state index contributed by atoms with van der Waals surface area (Å²) in [5, 5.41) is 13.2. The van der Waals surface area contributed by atoms with Crippen molar-refractivity contribution in [3.05, 3.63) is 29.8 Å². The van der Waals surface area contributed by atoms with Gasteiger partial charge in [-0.05, 0) is 50.3 Å². The van der Waals surface area contributed by atoms with Gasteiger partial charge in [0.05, 0.1) is 0 Å². The Morgan fingerprint density at radius 3 is 2.76 bits per heavy atom. The van der Waals surface area contributed by atoms with Gasteiger partial charge in [-0.25, -0.2) is 0 Å². The van der Waals surface area contributed by atoms with Crippen molar-refractivity contribution in [2.75, 3.05) is 18.0 Å². The number of nitrogens with one attached hydrogen (secondary N) is 1. The molecule has 0 amide bonds. The third-order valence-electron chi connectivity index (χ3n) is 4.92. The van der Waals surface area contributed by atoms with Crippen LogP contribution in [-0.4, -0.2) is 35.7 Å². The number of carbonyl (C=O) groups is 1. The zero-order valence-corrected chi connectivity index (χ0v) is 12.8. The number of carboxylic acids is 1. The van der Waals surface area contributed by atoms with Crippen molar-refractivity contribution in [3.63, 3.8) is 0 Å². The van der Waals surface area contributed by atoms with Crippen LogP contribution in [0.3, 0.4) is 0 Å². The van der Waals surface area contributed by atoms with Gasteiger partial charge in [-0.15, -0.1) is 0 Å². The van der Waals surface area contributed by atoms with Gasteiger partial charge in [-0.1, -0.05) is 25.1 Å². The fraction of sp³-hybridized carbons (Fsp3) is 0.588. The summed E-state index contributed by atoms with van der Waals surface area (Å²) in [6.07, 6.45) is 3.04. The molecule has 2 atom stereocenters. The Morgan fingerprint density at radius 1 is 1.43 bits per heavy atom. The van der Waals surface area contributed by atoms with E-state index in [2.05, 4.69) is 35.3 Å². The number of hydrogen-bond donors (Lipinski definition) is 2. The molecule has 1 aromatic rings. The molecule has 4 nitrogen and oxygen atoms in total. The molecule has 0 radical (unpaired) electrons. The summed E-state index contributed by atoms with van der Waals surface area (Å²) >= 11 is 0. The number of para-hydroxylation sites is 1. The molecule has 114 valence electrons. The molecule has 1 fully saturated rings. The van der Waals surface area contributed by atoms with Crippen LogP contribution in [0.2, 0.25) is 0 Å². The lowest BCUT2D eigenvalue weighted by molar-refractivity contribution is -0.145. The second-order valence-corrected chi connectivity index (χ2v) is 6.39. The van der Waals surface area contributed by atoms with E-state index in [1.807, 2.05) is 13.0 Å². The molecule has 2 unspecified atom stereocenters. The monoisotopic (exact) mass is 288 g/mol. The Bertz CT molecular complexity index is 541. The third kappa shape index (κ3) is 2.42. The van der Waals surface area contributed by atoms with Crippen molar-refractivity contribution >= 4 is 11.7 Å². The summed E-state index contributed by atoms with van der Waals surface area (Å²) < 4.78 is 0. The van der Waals surface area contributed by atoms with E-state index in [-0.39, 0.29) is 5.92 Å². The van der Waals surface area contributed by atoms with Crippen LogP contribution >= 0.6 is 0 Å². The molecule has 1 aromatic carbocycles. The van der Waals surface area contributed by atoms with Crippen molar-refractivity contribution in [2.45, 2.75) is 44.7 Å². The SMILES string of the molecule is CCNC(CN1c2ccccc2CC1C)(C(=O)O)C1CC1. The number of fused-ring (bicyclic) bond motifs is 1. The van der Waals surface area contributed by atoms with E-state index in [0.29, 0.717) is 19.1 Å². The fourth-order valence-electron chi connectivity index (χ4n) is 3.68. The number of nitrogens with zero attached hydrogens (tertiary/aromatic N) is 1. The maximum Gasteiger partial charge on any atom is 0.326 e. The van der Waals surface area contributed by atoms with E-state index in [1.54, 1.807) is 0 Å². The van der Waals surface area contributed by atoms with Crippen LogP contribution in [0.4, 0.5) is 5.69 Å². The van der Waals surface area contributed by atoms with Crippen LogP contribution in [0.25, 0.3) is 0 Å². The first kappa shape index (κ1) is 14.4. The van der Waals surface area contributed by atoms with Gasteiger partial charge >= 0.3 is 5.97 Å². The first-order valence-electron chi connectivity index (χ1n) is 7.91. The molecule has 2 N–H and O–H groups in total. The molecule has 1 aliphatic carbocycles. The van der Waals surface area contributed by atoms with Crippen molar-refractivity contribution in [2.24, 2.45) is 5.92 Å². The Labute approximate surface area is 126 Å². The van der Waals surface area contributed by atoms with Gasteiger partial charge in [0.2, 0.25) is 0 Å². The number of aliphatic carboxylic acids is 1. The normalized spacial score (nSPS) is 23.7. The van der Waals surface area contributed by atoms with Gasteiger partial charge in [0, 0.05) is 18.3 Å². The average Bonchev–Trinajstić information content (AvgIpc) is 3.25. The minimum atomic E-state index is -0.805. The predicted molar refractivity (Wildman–Crippen MR) is 83.7 cm³/mol. The number of likely N-dealkylation sites (N-methyl/N-ethyl adjacent to an activating group) is 1. The number of anilines is 1. The number of hydrogen-bond acceptors (Lipinski definition) is 3. The second kappa shape index (κ2) is 5.34. The maximum absolute atomic E-state index is 12.0. The Morgan fingerprint density at radius 2 is 2.14 bits per heavy atom. The lowest BCUT2D eigenvalue weighted by atomic mass is 9.91. The summed E-state index contributed by atoms with van der Waals surface area (Å²) in [4.78, 5) is 14.3. The Kier molecular flexibility index (Phi) is 3.66. The molecule has 2 aliphatic rings. The summed E-state index contributed by atoms with van der Waals surface area (Å²) in [6.45, 7) is 5.42. The molecule has 1 heterocycles. The van der Waals surface area contributed by atoms with Gasteiger partial charge in [-0.2, -0.15) is 0 Å². The molecule has 4 heteroatoms. The second-order valence-electron chi connectivity index (χ2n) is 6.39. The van der Waals surface area contributed by atoms with E-state index < -0.39 is 11.5 Å². The van der Waals surface area contributed by atoms with Crippen molar-refractivity contribution in [3.8, 4) is 0 Å².